The van der Waals surface area contributed by atoms with Crippen molar-refractivity contribution in [1.29, 1.82) is 0 Å². The summed E-state index contributed by atoms with van der Waals surface area (Å²) in [4.78, 5) is 38.1. The number of rotatable bonds is 73. The Bertz CT molecular complexity index is 1450. The molecule has 0 aliphatic rings. The molecule has 10 heteroatoms. The minimum Gasteiger partial charge on any atom is -0.756 e. The van der Waals surface area contributed by atoms with E-state index in [-0.39, 0.29) is 32.0 Å². The van der Waals surface area contributed by atoms with Gasteiger partial charge in [0.05, 0.1) is 27.7 Å². The second-order valence-corrected chi connectivity index (χ2v) is 29.1. The second-order valence-electron chi connectivity index (χ2n) is 27.7. The molecule has 0 spiro atoms. The van der Waals surface area contributed by atoms with Crippen LogP contribution in [0.25, 0.3) is 0 Å². The van der Waals surface area contributed by atoms with Crippen molar-refractivity contribution in [3.8, 4) is 0 Å². The number of esters is 2. The molecule has 0 aromatic rings. The molecule has 0 N–H and O–H groups in total. The summed E-state index contributed by atoms with van der Waals surface area (Å²) in [5.41, 5.74) is 0. The van der Waals surface area contributed by atoms with Crippen LogP contribution in [0.1, 0.15) is 412 Å². The third-order valence-corrected chi connectivity index (χ3v) is 18.7. The zero-order chi connectivity index (χ0) is 62.6. The predicted octanol–water partition coefficient (Wildman–Crippen LogP) is 24.4. The summed E-state index contributed by atoms with van der Waals surface area (Å²) in [6.45, 7) is 4.34. The van der Waals surface area contributed by atoms with Gasteiger partial charge in [0.25, 0.3) is 7.82 Å². The molecule has 0 aromatic carbocycles. The summed E-state index contributed by atoms with van der Waals surface area (Å²) in [6, 6.07) is 0. The van der Waals surface area contributed by atoms with Crippen LogP contribution in [0.2, 0.25) is 0 Å². The van der Waals surface area contributed by atoms with E-state index < -0.39 is 26.5 Å². The van der Waals surface area contributed by atoms with Crippen molar-refractivity contribution in [2.75, 3.05) is 47.5 Å². The Labute approximate surface area is 537 Å². The molecule has 0 aliphatic heterocycles. The molecule has 0 bridgehead atoms. The minimum atomic E-state index is -4.64. The van der Waals surface area contributed by atoms with Crippen LogP contribution in [0.3, 0.4) is 0 Å². The average Bonchev–Trinajstić information content (AvgIpc) is 3.70. The van der Waals surface area contributed by atoms with Gasteiger partial charge in [-0.05, 0) is 38.5 Å². The molecule has 9 nitrogen and oxygen atoms in total. The minimum absolute atomic E-state index is 0.0256. The maximum Gasteiger partial charge on any atom is 0.306 e. The van der Waals surface area contributed by atoms with Crippen LogP contribution in [0, 0.1) is 0 Å². The average molecular weight is 1240 g/mol. The molecule has 0 heterocycles. The lowest BCUT2D eigenvalue weighted by Crippen LogP contribution is -2.37. The van der Waals surface area contributed by atoms with E-state index in [1.807, 2.05) is 21.1 Å². The highest BCUT2D eigenvalue weighted by atomic mass is 31.2. The van der Waals surface area contributed by atoms with E-state index in [4.69, 9.17) is 18.5 Å². The summed E-state index contributed by atoms with van der Waals surface area (Å²) in [5, 5.41) is 0. The SMILES string of the molecule is CCCCCCCCCC/C=C\CCCCCCCCCCCCCCCCCCCCCCCC(=O)OC(COC(=O)CCCCCCCCCCCCCCCCCCCCCCCCCCCCCCC)COP(=O)([O-])OCC[N+](C)(C)C. The molecule has 0 fully saturated rings. The van der Waals surface area contributed by atoms with Gasteiger partial charge in [0.1, 0.15) is 19.8 Å². The van der Waals surface area contributed by atoms with Crippen molar-refractivity contribution in [2.45, 2.75) is 418 Å². The summed E-state index contributed by atoms with van der Waals surface area (Å²) in [5.74, 6) is -0.804. The van der Waals surface area contributed by atoms with Gasteiger partial charge in [0.2, 0.25) is 0 Å². The number of likely N-dealkylation sites (N-methyl/N-ethyl adjacent to an activating group) is 1. The Morgan fingerprint density at radius 1 is 0.349 bits per heavy atom. The van der Waals surface area contributed by atoms with Gasteiger partial charge in [-0.3, -0.25) is 14.2 Å². The summed E-state index contributed by atoms with van der Waals surface area (Å²) >= 11 is 0. The normalized spacial score (nSPS) is 13.0. The molecule has 0 rings (SSSR count). The van der Waals surface area contributed by atoms with Crippen LogP contribution in [0.5, 0.6) is 0 Å². The quantitative estimate of drug-likeness (QED) is 0.0195. The lowest BCUT2D eigenvalue weighted by Gasteiger charge is -2.28. The molecule has 0 saturated heterocycles. The number of nitrogens with zero attached hydrogens (tertiary/aromatic N) is 1. The fourth-order valence-corrected chi connectivity index (χ4v) is 12.6. The zero-order valence-corrected chi connectivity index (χ0v) is 59.5. The predicted molar refractivity (Wildman–Crippen MR) is 370 cm³/mol. The van der Waals surface area contributed by atoms with E-state index in [1.165, 1.54) is 347 Å². The van der Waals surface area contributed by atoms with Crippen molar-refractivity contribution >= 4 is 19.8 Å². The third kappa shape index (κ3) is 71.8. The summed E-state index contributed by atoms with van der Waals surface area (Å²) < 4.78 is 34.4. The summed E-state index contributed by atoms with van der Waals surface area (Å²) in [6.07, 6.45) is 84.7. The molecular weight excluding hydrogens is 1090 g/mol. The fourth-order valence-electron chi connectivity index (χ4n) is 11.9. The summed E-state index contributed by atoms with van der Waals surface area (Å²) in [7, 11) is 1.20. The van der Waals surface area contributed by atoms with Crippen LogP contribution >= 0.6 is 7.82 Å². The van der Waals surface area contributed by atoms with Gasteiger partial charge in [0, 0.05) is 12.8 Å². The Kier molecular flexibility index (Phi) is 67.1. The van der Waals surface area contributed by atoms with Crippen molar-refractivity contribution in [3.63, 3.8) is 0 Å². The topological polar surface area (TPSA) is 111 Å². The number of hydrogen-bond acceptors (Lipinski definition) is 8. The van der Waals surface area contributed by atoms with Gasteiger partial charge in [-0.2, -0.15) is 0 Å². The van der Waals surface area contributed by atoms with Crippen LogP contribution in [0.15, 0.2) is 12.2 Å². The van der Waals surface area contributed by atoms with Gasteiger partial charge in [-0.25, -0.2) is 0 Å². The molecule has 0 radical (unpaired) electrons. The Morgan fingerprint density at radius 2 is 0.593 bits per heavy atom. The van der Waals surface area contributed by atoms with Crippen molar-refractivity contribution in [3.05, 3.63) is 12.2 Å². The van der Waals surface area contributed by atoms with E-state index >= 15 is 0 Å². The van der Waals surface area contributed by atoms with E-state index in [0.717, 1.165) is 32.1 Å². The highest BCUT2D eigenvalue weighted by Gasteiger charge is 2.22. The van der Waals surface area contributed by atoms with Gasteiger partial charge in [-0.15, -0.1) is 0 Å². The van der Waals surface area contributed by atoms with Gasteiger partial charge in [-0.1, -0.05) is 373 Å². The monoisotopic (exact) mass is 1240 g/mol. The number of hydrogen-bond donors (Lipinski definition) is 0. The number of phosphoric acid groups is 1. The standard InChI is InChI=1S/C76H150NO8P/c1-6-8-10-12-14-16-18-20-22-24-26-28-30-32-34-36-37-38-39-41-43-45-47-49-51-53-55-57-59-61-63-65-67-69-76(79)85-74(73-84-86(80,81)83-71-70-77(3,4)5)72-82-75(78)68-66-64-62-60-58-56-54-52-50-48-46-44-42-40-35-33-31-29-27-25-23-21-19-17-15-13-11-9-7-2/h24,26,74H,6-23,25,27-73H2,1-5H3/b26-24-. The van der Waals surface area contributed by atoms with Gasteiger partial charge >= 0.3 is 11.9 Å². The second kappa shape index (κ2) is 68.1. The maximum absolute atomic E-state index is 12.9. The number of unbranched alkanes of at least 4 members (excludes halogenated alkanes) is 57. The number of allylic oxidation sites excluding steroid dienone is 2. The number of phosphoric ester groups is 1. The molecule has 0 aromatic heterocycles. The van der Waals surface area contributed by atoms with Crippen LogP contribution in [-0.4, -0.2) is 70.0 Å². The van der Waals surface area contributed by atoms with Crippen LogP contribution in [0.4, 0.5) is 0 Å². The van der Waals surface area contributed by atoms with Gasteiger partial charge in [0.15, 0.2) is 6.10 Å². The molecule has 2 atom stereocenters. The van der Waals surface area contributed by atoms with Crippen molar-refractivity contribution in [1.82, 2.24) is 0 Å². The first-order valence-corrected chi connectivity index (χ1v) is 39.9. The first-order chi connectivity index (χ1) is 42.0. The van der Waals surface area contributed by atoms with Crippen molar-refractivity contribution < 1.29 is 42.1 Å². The molecule has 0 saturated carbocycles. The largest absolute Gasteiger partial charge is 0.756 e. The lowest BCUT2D eigenvalue weighted by molar-refractivity contribution is -0.870. The van der Waals surface area contributed by atoms with Crippen LogP contribution < -0.4 is 4.89 Å². The first kappa shape index (κ1) is 84.8. The van der Waals surface area contributed by atoms with E-state index in [9.17, 15) is 19.0 Å². The molecule has 2 unspecified atom stereocenters. The number of ether oxygens (including phenoxy) is 2. The van der Waals surface area contributed by atoms with E-state index in [1.54, 1.807) is 0 Å². The Morgan fingerprint density at radius 3 is 0.860 bits per heavy atom. The van der Waals surface area contributed by atoms with Crippen LogP contribution in [-0.2, 0) is 32.7 Å². The molecule has 0 aliphatic carbocycles. The Balaban J connectivity index is 3.92. The third-order valence-electron chi connectivity index (χ3n) is 17.8. The Hall–Kier alpha value is -1.25. The molecule has 0 amide bonds. The first-order valence-electron chi connectivity index (χ1n) is 38.4. The highest BCUT2D eigenvalue weighted by Crippen LogP contribution is 2.38. The van der Waals surface area contributed by atoms with Gasteiger partial charge < -0.3 is 27.9 Å². The zero-order valence-electron chi connectivity index (χ0n) is 58.6. The number of carbonyl (C=O) groups excluding carboxylic acids is 2. The smallest absolute Gasteiger partial charge is 0.306 e. The highest BCUT2D eigenvalue weighted by molar-refractivity contribution is 7.45. The van der Waals surface area contributed by atoms with E-state index in [2.05, 4.69) is 26.0 Å². The maximum atomic E-state index is 12.9. The molecular formula is C76H150NO8P. The number of carbonyl (C=O) groups is 2. The fraction of sp³-hybridized carbons (Fsp3) is 0.947. The van der Waals surface area contributed by atoms with Crippen molar-refractivity contribution in [2.24, 2.45) is 0 Å². The van der Waals surface area contributed by atoms with E-state index in [0.29, 0.717) is 17.4 Å². The number of quaternary nitrogens is 1. The lowest BCUT2D eigenvalue weighted by atomic mass is 10.0. The molecule has 86 heavy (non-hydrogen) atoms. The molecule has 512 valence electrons.